The van der Waals surface area contributed by atoms with E-state index in [0.717, 1.165) is 31.8 Å². The van der Waals surface area contributed by atoms with Gasteiger partial charge in [0.2, 0.25) is 0 Å². The Morgan fingerprint density at radius 2 is 1.89 bits per heavy atom. The minimum Gasteiger partial charge on any atom is -0.481 e. The lowest BCUT2D eigenvalue weighted by Crippen LogP contribution is -2.48. The van der Waals surface area contributed by atoms with E-state index < -0.39 is 11.9 Å². The number of piperidine rings is 1. The van der Waals surface area contributed by atoms with Crippen LogP contribution in [0.5, 0.6) is 0 Å². The van der Waals surface area contributed by atoms with Crippen molar-refractivity contribution in [2.75, 3.05) is 26.2 Å². The van der Waals surface area contributed by atoms with Crippen LogP contribution in [0.15, 0.2) is 0 Å². The van der Waals surface area contributed by atoms with E-state index in [-0.39, 0.29) is 6.03 Å². The zero-order valence-electron chi connectivity index (χ0n) is 12.3. The smallest absolute Gasteiger partial charge is 0.320 e. The molecule has 0 aromatic heterocycles. The van der Waals surface area contributed by atoms with Gasteiger partial charge in [-0.25, -0.2) is 4.79 Å². The summed E-state index contributed by atoms with van der Waals surface area (Å²) in [4.78, 5) is 26.7. The quantitative estimate of drug-likeness (QED) is 0.833. The van der Waals surface area contributed by atoms with Gasteiger partial charge in [0.05, 0.1) is 5.92 Å². The first-order chi connectivity index (χ1) is 8.99. The molecule has 110 valence electrons. The van der Waals surface area contributed by atoms with Crippen molar-refractivity contribution < 1.29 is 14.7 Å². The second-order valence-corrected chi connectivity index (χ2v) is 5.40. The monoisotopic (exact) mass is 270 g/mol. The normalized spacial score (nSPS) is 18.2. The maximum absolute atomic E-state index is 12.3. The number of amides is 2. The molecule has 1 heterocycles. The van der Waals surface area contributed by atoms with E-state index in [0.29, 0.717) is 13.1 Å². The summed E-state index contributed by atoms with van der Waals surface area (Å²) in [6.07, 6.45) is 3.30. The first-order valence-corrected chi connectivity index (χ1v) is 7.26. The lowest BCUT2D eigenvalue weighted by molar-refractivity contribution is -0.141. The zero-order valence-corrected chi connectivity index (χ0v) is 12.3. The minimum absolute atomic E-state index is 0.00912. The molecule has 0 spiro atoms. The second-order valence-electron chi connectivity index (χ2n) is 5.40. The summed E-state index contributed by atoms with van der Waals surface area (Å²) in [6, 6.07) is -0.00912. The standard InChI is InChI=1S/C14H26N2O3/c1-4-12-6-8-16(9-7-12)14(19)15(5-2)10-11(3)13(17)18/h11-12H,4-10H2,1-3H3,(H,17,18). The Labute approximate surface area is 115 Å². The van der Waals surface area contributed by atoms with E-state index in [9.17, 15) is 9.59 Å². The number of carboxylic acids is 1. The Balaban J connectivity index is 2.52. The average molecular weight is 270 g/mol. The number of hydrogen-bond acceptors (Lipinski definition) is 2. The maximum atomic E-state index is 12.3. The molecule has 1 aliphatic rings. The van der Waals surface area contributed by atoms with Crippen LogP contribution < -0.4 is 0 Å². The highest BCUT2D eigenvalue weighted by Gasteiger charge is 2.26. The van der Waals surface area contributed by atoms with Gasteiger partial charge in [-0.05, 0) is 25.7 Å². The summed E-state index contributed by atoms with van der Waals surface area (Å²) < 4.78 is 0. The number of rotatable bonds is 5. The van der Waals surface area contributed by atoms with E-state index in [2.05, 4.69) is 6.92 Å². The molecule has 0 radical (unpaired) electrons. The van der Waals surface area contributed by atoms with Gasteiger partial charge in [0, 0.05) is 26.2 Å². The van der Waals surface area contributed by atoms with Crippen LogP contribution in [0.2, 0.25) is 0 Å². The van der Waals surface area contributed by atoms with Crippen LogP contribution in [0.1, 0.15) is 40.0 Å². The third-order valence-corrected chi connectivity index (χ3v) is 4.03. The fourth-order valence-electron chi connectivity index (χ4n) is 2.48. The number of hydrogen-bond donors (Lipinski definition) is 1. The molecule has 0 saturated carbocycles. The molecule has 0 bridgehead atoms. The van der Waals surface area contributed by atoms with Crippen LogP contribution in [-0.4, -0.2) is 53.1 Å². The molecule has 1 rings (SSSR count). The van der Waals surface area contributed by atoms with Gasteiger partial charge in [0.25, 0.3) is 0 Å². The molecule has 1 unspecified atom stereocenters. The summed E-state index contributed by atoms with van der Waals surface area (Å²) >= 11 is 0. The van der Waals surface area contributed by atoms with Gasteiger partial charge in [-0.3, -0.25) is 4.79 Å². The Morgan fingerprint density at radius 3 is 2.32 bits per heavy atom. The Hall–Kier alpha value is -1.26. The number of carbonyl (C=O) groups is 2. The Bertz CT molecular complexity index is 312. The van der Waals surface area contributed by atoms with Crippen molar-refractivity contribution in [1.82, 2.24) is 9.80 Å². The van der Waals surface area contributed by atoms with Crippen molar-refractivity contribution in [3.8, 4) is 0 Å². The highest BCUT2D eigenvalue weighted by molar-refractivity contribution is 5.76. The van der Waals surface area contributed by atoms with Crippen molar-refractivity contribution in [2.24, 2.45) is 11.8 Å². The summed E-state index contributed by atoms with van der Waals surface area (Å²) in [5.41, 5.74) is 0. The molecule has 0 aliphatic carbocycles. The van der Waals surface area contributed by atoms with Gasteiger partial charge < -0.3 is 14.9 Å². The molecule has 2 amide bonds. The average Bonchev–Trinajstić information content (AvgIpc) is 2.43. The summed E-state index contributed by atoms with van der Waals surface area (Å²) in [5, 5.41) is 8.93. The largest absolute Gasteiger partial charge is 0.481 e. The number of urea groups is 1. The van der Waals surface area contributed by atoms with Gasteiger partial charge in [0.15, 0.2) is 0 Å². The fraction of sp³-hybridized carbons (Fsp3) is 0.857. The number of carbonyl (C=O) groups excluding carboxylic acids is 1. The first-order valence-electron chi connectivity index (χ1n) is 7.26. The van der Waals surface area contributed by atoms with Crippen LogP contribution in [0.25, 0.3) is 0 Å². The number of likely N-dealkylation sites (tertiary alicyclic amines) is 1. The van der Waals surface area contributed by atoms with Crippen molar-refractivity contribution in [2.45, 2.75) is 40.0 Å². The second kappa shape index (κ2) is 7.36. The van der Waals surface area contributed by atoms with E-state index in [1.807, 2.05) is 11.8 Å². The predicted octanol–water partition coefficient (Wildman–Crippen LogP) is 2.27. The third-order valence-electron chi connectivity index (χ3n) is 4.03. The number of carboxylic acid groups (broad SMARTS) is 1. The minimum atomic E-state index is -0.851. The van der Waals surface area contributed by atoms with Crippen molar-refractivity contribution in [3.05, 3.63) is 0 Å². The van der Waals surface area contributed by atoms with Crippen molar-refractivity contribution in [1.29, 1.82) is 0 Å². The van der Waals surface area contributed by atoms with E-state index in [4.69, 9.17) is 5.11 Å². The molecular weight excluding hydrogens is 244 g/mol. The topological polar surface area (TPSA) is 60.9 Å². The summed E-state index contributed by atoms with van der Waals surface area (Å²) in [6.45, 7) is 8.18. The van der Waals surface area contributed by atoms with E-state index in [1.54, 1.807) is 11.8 Å². The first kappa shape index (κ1) is 15.8. The SMILES string of the molecule is CCC1CCN(C(=O)N(CC)CC(C)C(=O)O)CC1. The molecule has 0 aromatic carbocycles. The molecule has 0 aromatic rings. The van der Waals surface area contributed by atoms with Gasteiger partial charge in [0.1, 0.15) is 0 Å². The van der Waals surface area contributed by atoms with Crippen LogP contribution >= 0.6 is 0 Å². The van der Waals surface area contributed by atoms with Crippen LogP contribution in [0, 0.1) is 11.8 Å². The molecule has 1 saturated heterocycles. The maximum Gasteiger partial charge on any atom is 0.320 e. The third kappa shape index (κ3) is 4.40. The van der Waals surface area contributed by atoms with E-state index in [1.165, 1.54) is 6.42 Å². The van der Waals surface area contributed by atoms with Crippen molar-refractivity contribution >= 4 is 12.0 Å². The molecule has 1 aliphatic heterocycles. The molecule has 1 fully saturated rings. The predicted molar refractivity (Wildman–Crippen MR) is 74.0 cm³/mol. The van der Waals surface area contributed by atoms with Crippen LogP contribution in [0.4, 0.5) is 4.79 Å². The van der Waals surface area contributed by atoms with Gasteiger partial charge in [-0.2, -0.15) is 0 Å². The number of aliphatic carboxylic acids is 1. The molecule has 5 nitrogen and oxygen atoms in total. The molecule has 5 heteroatoms. The van der Waals surface area contributed by atoms with Gasteiger partial charge in [-0.1, -0.05) is 20.3 Å². The Morgan fingerprint density at radius 1 is 1.32 bits per heavy atom. The molecule has 1 N–H and O–H groups in total. The lowest BCUT2D eigenvalue weighted by atomic mass is 9.95. The van der Waals surface area contributed by atoms with E-state index >= 15 is 0 Å². The highest BCUT2D eigenvalue weighted by atomic mass is 16.4. The molecular formula is C14H26N2O3. The zero-order chi connectivity index (χ0) is 14.4. The van der Waals surface area contributed by atoms with Crippen LogP contribution in [0.3, 0.4) is 0 Å². The highest BCUT2D eigenvalue weighted by Crippen LogP contribution is 2.21. The Kier molecular flexibility index (Phi) is 6.12. The van der Waals surface area contributed by atoms with Crippen LogP contribution in [-0.2, 0) is 4.79 Å². The fourth-order valence-corrected chi connectivity index (χ4v) is 2.48. The summed E-state index contributed by atoms with van der Waals surface area (Å²) in [5.74, 6) is -0.634. The van der Waals surface area contributed by atoms with Gasteiger partial charge in [-0.15, -0.1) is 0 Å². The molecule has 19 heavy (non-hydrogen) atoms. The summed E-state index contributed by atoms with van der Waals surface area (Å²) in [7, 11) is 0. The molecule has 1 atom stereocenters. The van der Waals surface area contributed by atoms with Gasteiger partial charge >= 0.3 is 12.0 Å². The van der Waals surface area contributed by atoms with Crippen molar-refractivity contribution in [3.63, 3.8) is 0 Å². The number of nitrogens with zero attached hydrogens (tertiary/aromatic N) is 2. The lowest BCUT2D eigenvalue weighted by Gasteiger charge is -2.35.